The molecular formula is C32H37NO5. The molecule has 6 nitrogen and oxygen atoms in total. The lowest BCUT2D eigenvalue weighted by Gasteiger charge is -2.21. The van der Waals surface area contributed by atoms with Crippen LogP contribution < -0.4 is 9.47 Å². The summed E-state index contributed by atoms with van der Waals surface area (Å²) < 4.78 is 23.2. The van der Waals surface area contributed by atoms with Gasteiger partial charge >= 0.3 is 5.97 Å². The number of hydrogen-bond donors (Lipinski definition) is 0. The molecule has 200 valence electrons. The van der Waals surface area contributed by atoms with Crippen molar-refractivity contribution in [1.29, 1.82) is 0 Å². The number of ether oxygens (including phenoxy) is 3. The molecule has 1 aliphatic carbocycles. The van der Waals surface area contributed by atoms with Crippen molar-refractivity contribution >= 4 is 27.8 Å². The fourth-order valence-electron chi connectivity index (χ4n) is 5.19. The molecule has 1 aliphatic rings. The predicted molar refractivity (Wildman–Crippen MR) is 150 cm³/mol. The number of benzene rings is 3. The van der Waals surface area contributed by atoms with Crippen molar-refractivity contribution in [3.05, 3.63) is 54.6 Å². The highest BCUT2D eigenvalue weighted by molar-refractivity contribution is 5.96. The number of esters is 1. The number of unbranched alkanes of at least 4 members (excludes halogenated alkanes) is 2. The average Bonchev–Trinajstić information content (AvgIpc) is 3.37. The van der Waals surface area contributed by atoms with Crippen LogP contribution in [0, 0.1) is 5.92 Å². The zero-order valence-corrected chi connectivity index (χ0v) is 22.2. The largest absolute Gasteiger partial charge is 0.494 e. The van der Waals surface area contributed by atoms with Crippen molar-refractivity contribution in [2.75, 3.05) is 19.8 Å². The molecule has 4 aromatic rings. The minimum Gasteiger partial charge on any atom is -0.494 e. The Morgan fingerprint density at radius 2 is 1.79 bits per heavy atom. The van der Waals surface area contributed by atoms with Gasteiger partial charge in [-0.3, -0.25) is 4.79 Å². The molecule has 0 N–H and O–H groups in total. The summed E-state index contributed by atoms with van der Waals surface area (Å²) in [6.45, 7) is 3.65. The van der Waals surface area contributed by atoms with E-state index < -0.39 is 0 Å². The van der Waals surface area contributed by atoms with E-state index in [1.54, 1.807) is 0 Å². The molecule has 1 fully saturated rings. The third kappa shape index (κ3) is 6.66. The topological polar surface area (TPSA) is 70.8 Å². The van der Waals surface area contributed by atoms with Gasteiger partial charge in [0.25, 0.3) is 0 Å². The first-order valence-electron chi connectivity index (χ1n) is 14.0. The molecule has 0 aliphatic heterocycles. The Bertz CT molecular complexity index is 1350. The second-order valence-corrected chi connectivity index (χ2v) is 10.1. The summed E-state index contributed by atoms with van der Waals surface area (Å²) in [5.41, 5.74) is 2.51. The lowest BCUT2D eigenvalue weighted by atomic mass is 9.90. The molecule has 0 atom stereocenters. The molecule has 0 spiro atoms. The van der Waals surface area contributed by atoms with Crippen molar-refractivity contribution in [3.63, 3.8) is 0 Å². The molecular weight excluding hydrogens is 478 g/mol. The SMILES string of the molecule is CCOC(=O)CCCCCOc1ccc2c(-c3nc4ccc(OCC5CCCCC5)cc4o3)cccc2c1. The molecule has 0 bridgehead atoms. The maximum atomic E-state index is 11.4. The van der Waals surface area contributed by atoms with Crippen LogP contribution in [-0.4, -0.2) is 30.8 Å². The minimum absolute atomic E-state index is 0.124. The zero-order chi connectivity index (χ0) is 26.2. The van der Waals surface area contributed by atoms with E-state index in [0.717, 1.165) is 64.8 Å². The summed E-state index contributed by atoms with van der Waals surface area (Å²) in [5, 5.41) is 2.13. The number of oxazole rings is 1. The number of fused-ring (bicyclic) bond motifs is 2. The van der Waals surface area contributed by atoms with E-state index in [2.05, 4.69) is 18.2 Å². The van der Waals surface area contributed by atoms with Gasteiger partial charge in [-0.2, -0.15) is 0 Å². The van der Waals surface area contributed by atoms with Crippen LogP contribution in [0.1, 0.15) is 64.7 Å². The normalized spacial score (nSPS) is 14.1. The number of aromatic nitrogens is 1. The zero-order valence-electron chi connectivity index (χ0n) is 22.2. The molecule has 0 radical (unpaired) electrons. The second kappa shape index (κ2) is 12.8. The van der Waals surface area contributed by atoms with Gasteiger partial charge in [-0.15, -0.1) is 0 Å². The summed E-state index contributed by atoms with van der Waals surface area (Å²) >= 11 is 0. The molecule has 6 heteroatoms. The Balaban J connectivity index is 1.21. The number of carbonyl (C=O) groups is 1. The number of hydrogen-bond acceptors (Lipinski definition) is 6. The number of rotatable bonds is 12. The van der Waals surface area contributed by atoms with Gasteiger partial charge in [0.15, 0.2) is 5.58 Å². The van der Waals surface area contributed by atoms with Crippen LogP contribution in [0.2, 0.25) is 0 Å². The smallest absolute Gasteiger partial charge is 0.305 e. The fraction of sp³-hybridized carbons (Fsp3) is 0.438. The third-order valence-corrected chi connectivity index (χ3v) is 7.25. The van der Waals surface area contributed by atoms with Crippen molar-refractivity contribution in [2.45, 2.75) is 64.7 Å². The van der Waals surface area contributed by atoms with E-state index in [1.807, 2.05) is 43.3 Å². The highest BCUT2D eigenvalue weighted by atomic mass is 16.5. The van der Waals surface area contributed by atoms with Gasteiger partial charge in [-0.1, -0.05) is 31.4 Å². The molecule has 1 saturated carbocycles. The van der Waals surface area contributed by atoms with Crippen LogP contribution in [0.4, 0.5) is 0 Å². The summed E-state index contributed by atoms with van der Waals surface area (Å²) in [7, 11) is 0. The lowest BCUT2D eigenvalue weighted by Crippen LogP contribution is -2.15. The summed E-state index contributed by atoms with van der Waals surface area (Å²) in [5.74, 6) is 2.81. The first-order chi connectivity index (χ1) is 18.7. The van der Waals surface area contributed by atoms with Gasteiger partial charge in [-0.05, 0) is 92.1 Å². The molecule has 0 saturated heterocycles. The number of carbonyl (C=O) groups excluding carboxylic acids is 1. The Labute approximate surface area is 224 Å². The predicted octanol–water partition coefficient (Wildman–Crippen LogP) is 8.11. The van der Waals surface area contributed by atoms with Crippen molar-refractivity contribution < 1.29 is 23.4 Å². The maximum absolute atomic E-state index is 11.4. The molecule has 3 aromatic carbocycles. The molecule has 5 rings (SSSR count). The van der Waals surface area contributed by atoms with Gasteiger partial charge in [0.1, 0.15) is 17.0 Å². The Morgan fingerprint density at radius 1 is 0.947 bits per heavy atom. The van der Waals surface area contributed by atoms with E-state index >= 15 is 0 Å². The highest BCUT2D eigenvalue weighted by Gasteiger charge is 2.16. The van der Waals surface area contributed by atoms with Crippen LogP contribution in [-0.2, 0) is 9.53 Å². The average molecular weight is 516 g/mol. The van der Waals surface area contributed by atoms with Crippen molar-refractivity contribution in [2.24, 2.45) is 5.92 Å². The van der Waals surface area contributed by atoms with E-state index in [0.29, 0.717) is 31.4 Å². The first-order valence-corrected chi connectivity index (χ1v) is 14.0. The second-order valence-electron chi connectivity index (χ2n) is 10.1. The number of nitrogens with zero attached hydrogens (tertiary/aromatic N) is 1. The first kappa shape index (κ1) is 26.1. The van der Waals surface area contributed by atoms with Gasteiger partial charge in [0.05, 0.1) is 19.8 Å². The third-order valence-electron chi connectivity index (χ3n) is 7.25. The Hall–Kier alpha value is -3.54. The molecule has 0 amide bonds. The van der Waals surface area contributed by atoms with E-state index in [4.69, 9.17) is 23.6 Å². The van der Waals surface area contributed by atoms with Crippen LogP contribution in [0.25, 0.3) is 33.3 Å². The van der Waals surface area contributed by atoms with Crippen molar-refractivity contribution in [1.82, 2.24) is 4.98 Å². The Kier molecular flexibility index (Phi) is 8.79. The molecule has 1 heterocycles. The summed E-state index contributed by atoms with van der Waals surface area (Å²) in [6, 6.07) is 18.2. The van der Waals surface area contributed by atoms with Crippen LogP contribution >= 0.6 is 0 Å². The van der Waals surface area contributed by atoms with Crippen LogP contribution in [0.3, 0.4) is 0 Å². The van der Waals surface area contributed by atoms with Gasteiger partial charge < -0.3 is 18.6 Å². The van der Waals surface area contributed by atoms with E-state index in [-0.39, 0.29) is 5.97 Å². The lowest BCUT2D eigenvalue weighted by molar-refractivity contribution is -0.143. The van der Waals surface area contributed by atoms with Gasteiger partial charge in [0, 0.05) is 18.1 Å². The fourth-order valence-corrected chi connectivity index (χ4v) is 5.19. The Morgan fingerprint density at radius 3 is 2.66 bits per heavy atom. The monoisotopic (exact) mass is 515 g/mol. The van der Waals surface area contributed by atoms with E-state index in [1.165, 1.54) is 32.1 Å². The quantitative estimate of drug-likeness (QED) is 0.140. The minimum atomic E-state index is -0.124. The highest BCUT2D eigenvalue weighted by Crippen LogP contribution is 2.34. The summed E-state index contributed by atoms with van der Waals surface area (Å²) in [6.07, 6.45) is 9.63. The van der Waals surface area contributed by atoms with Crippen molar-refractivity contribution in [3.8, 4) is 23.0 Å². The van der Waals surface area contributed by atoms with Crippen LogP contribution in [0.5, 0.6) is 11.5 Å². The van der Waals surface area contributed by atoms with E-state index in [9.17, 15) is 4.79 Å². The van der Waals surface area contributed by atoms with Gasteiger partial charge in [-0.25, -0.2) is 4.98 Å². The molecule has 1 aromatic heterocycles. The standard InChI is InChI=1S/C32H37NO5/c1-2-35-31(34)14-7-4-8-19-36-25-15-17-27-24(20-25)12-9-13-28(27)32-33-29-18-16-26(21-30(29)38-32)37-22-23-10-5-3-6-11-23/h9,12-13,15-18,20-21,23H,2-8,10-11,14,19,22H2,1H3. The van der Waals surface area contributed by atoms with Gasteiger partial charge in [0.2, 0.25) is 5.89 Å². The van der Waals surface area contributed by atoms with Crippen LogP contribution in [0.15, 0.2) is 59.0 Å². The molecule has 38 heavy (non-hydrogen) atoms. The maximum Gasteiger partial charge on any atom is 0.305 e. The summed E-state index contributed by atoms with van der Waals surface area (Å²) in [4.78, 5) is 16.2. The molecule has 0 unspecified atom stereocenters.